The van der Waals surface area contributed by atoms with Crippen molar-refractivity contribution in [3.63, 3.8) is 0 Å². The number of hydrogen-bond donors (Lipinski definition) is 16. The zero-order valence-electron chi connectivity index (χ0n) is 33.9. The van der Waals surface area contributed by atoms with Crippen LogP contribution in [0.3, 0.4) is 0 Å². The molecule has 16 N–H and O–H groups in total. The minimum absolute atomic E-state index is 1.21. The Hall–Kier alpha value is -2.36. The Labute approximate surface area is 396 Å². The van der Waals surface area contributed by atoms with E-state index < -0.39 is 210 Å². The third kappa shape index (κ3) is 17.3. The summed E-state index contributed by atoms with van der Waals surface area (Å²) in [5.41, 5.74) is 0. The molecule has 0 bridgehead atoms. The fraction of sp³-hybridized carbons (Fsp3) is 0.917. The highest BCUT2D eigenvalue weighted by Crippen LogP contribution is 2.37. The Bertz CT molecular complexity index is 2580. The van der Waals surface area contributed by atoms with Crippen LogP contribution in [0.15, 0.2) is 0 Å². The van der Waals surface area contributed by atoms with E-state index in [9.17, 15) is 124 Å². The standard InChI is InChI=1S/C24H40N2O39S6/c27-7-5(25-66(37,38)39)21(36)57-3(1-55-68(43,44)45)12(7)59-24-17(65-71(52,53)54)11(31)14(18(63-24)20(34)35)61-22-6(26-67(40,41)42)8(28)13(4(58-22)2-56-69(46,47)48)60-23-16(64-70(49,50)51)10(30)9(29)15(62-23)19(32)33/h3-18,21-31,36H,1-2H2,(H,32,33)(H,34,35)(H,37,38,39)(H,40,41,42)(H,43,44,45)(H,46,47,48)(H,49,50,51)(H,52,53,54)/t3-,4-,5-,6-,7-,8-,9+,10+,11+,12-,13-,14+,15-,16-,17-,18-,21?,22+,23-,24-/m1/s1. The van der Waals surface area contributed by atoms with Crippen molar-refractivity contribution in [3.8, 4) is 0 Å². The number of nitrogens with one attached hydrogen (secondary N) is 2. The topological polar surface area (TPSA) is 648 Å². The molecular formula is C24H40N2O39S6. The van der Waals surface area contributed by atoms with E-state index in [2.05, 4.69) is 16.7 Å². The molecule has 71 heavy (non-hydrogen) atoms. The van der Waals surface area contributed by atoms with Gasteiger partial charge in [0.15, 0.2) is 49.6 Å². The molecule has 0 radical (unpaired) electrons. The number of carbonyl (C=O) groups is 2. The number of aliphatic hydroxyl groups is 6. The quantitative estimate of drug-likeness (QED) is 0.0448. The van der Waals surface area contributed by atoms with Crippen molar-refractivity contribution in [2.24, 2.45) is 0 Å². The first-order valence-electron chi connectivity index (χ1n) is 18.2. The lowest BCUT2D eigenvalue weighted by molar-refractivity contribution is -0.367. The molecule has 1 unspecified atom stereocenters. The van der Waals surface area contributed by atoms with Crippen molar-refractivity contribution in [2.75, 3.05) is 13.2 Å². The summed E-state index contributed by atoms with van der Waals surface area (Å²) >= 11 is 0. The van der Waals surface area contributed by atoms with Gasteiger partial charge in [-0.25, -0.2) is 26.3 Å². The lowest BCUT2D eigenvalue weighted by atomic mass is 9.94. The van der Waals surface area contributed by atoms with E-state index in [0.717, 1.165) is 0 Å². The number of hydrogen-bond acceptors (Lipinski definition) is 31. The van der Waals surface area contributed by atoms with E-state index in [0.29, 0.717) is 0 Å². The summed E-state index contributed by atoms with van der Waals surface area (Å²) in [5, 5.41) is 84.8. The second-order valence-electron chi connectivity index (χ2n) is 14.5. The first-order valence-corrected chi connectivity index (χ1v) is 26.6. The molecule has 20 atom stereocenters. The fourth-order valence-electron chi connectivity index (χ4n) is 6.87. The summed E-state index contributed by atoms with van der Waals surface area (Å²) in [6.07, 6.45) is -50.5. The largest absolute Gasteiger partial charge is 0.479 e. The van der Waals surface area contributed by atoms with Crippen LogP contribution in [0.4, 0.5) is 0 Å². The van der Waals surface area contributed by atoms with Crippen LogP contribution in [0.5, 0.6) is 0 Å². The van der Waals surface area contributed by atoms with Gasteiger partial charge in [-0.1, -0.05) is 0 Å². The van der Waals surface area contributed by atoms with Crippen molar-refractivity contribution in [3.05, 3.63) is 0 Å². The SMILES string of the molecule is O=C(O)[C@@H]1O[C@@H](O[C@H]2[C@H](O)[C@@H](NS(=O)(=O)O)[C@H](O[C@H]3[C@H](O)[C@@H](OS(=O)(=O)O)[C@H](O[C@H]4[C@H](O)[C@@H](NS(=O)(=O)O)C(O)O[C@@H]4COS(=O)(=O)O)O[C@H]3C(=O)O)O[C@@H]2COS(=O)(=O)O)[C@H](OS(=O)(=O)O)[C@@H](O)[C@@H]1O. The van der Waals surface area contributed by atoms with Crippen molar-refractivity contribution in [1.82, 2.24) is 9.44 Å². The summed E-state index contributed by atoms with van der Waals surface area (Å²) in [6, 6.07) is -5.35. The molecule has 0 saturated carbocycles. The van der Waals surface area contributed by atoms with Crippen LogP contribution < -0.4 is 9.44 Å². The van der Waals surface area contributed by atoms with Crippen LogP contribution in [0.25, 0.3) is 0 Å². The Morgan fingerprint density at radius 1 is 0.423 bits per heavy atom. The van der Waals surface area contributed by atoms with Gasteiger partial charge in [0.1, 0.15) is 73.1 Å². The number of carboxylic acids is 2. The van der Waals surface area contributed by atoms with Crippen molar-refractivity contribution >= 4 is 74.1 Å². The molecule has 0 aromatic carbocycles. The van der Waals surface area contributed by atoms with Gasteiger partial charge in [0.05, 0.1) is 13.2 Å². The fourth-order valence-corrected chi connectivity index (χ4v) is 9.64. The Kier molecular flexibility index (Phi) is 19.7. The summed E-state index contributed by atoms with van der Waals surface area (Å²) in [6.45, 7) is -3.32. The van der Waals surface area contributed by atoms with Gasteiger partial charge in [-0.2, -0.15) is 60.0 Å². The number of ether oxygens (including phenoxy) is 7. The molecule has 4 fully saturated rings. The summed E-state index contributed by atoms with van der Waals surface area (Å²) in [5.74, 6) is -4.55. The van der Waals surface area contributed by atoms with Crippen LogP contribution in [0, 0.1) is 0 Å². The smallest absolute Gasteiger partial charge is 0.397 e. The van der Waals surface area contributed by atoms with Crippen LogP contribution in [0.1, 0.15) is 0 Å². The van der Waals surface area contributed by atoms with Crippen LogP contribution in [-0.2, 0) is 122 Å². The van der Waals surface area contributed by atoms with Crippen LogP contribution in [-0.4, -0.2) is 267 Å². The number of carboxylic acid groups (broad SMARTS) is 2. The summed E-state index contributed by atoms with van der Waals surface area (Å²) in [4.78, 5) is 24.5. The van der Waals surface area contributed by atoms with Gasteiger partial charge in [-0.15, -0.1) is 0 Å². The number of rotatable bonds is 22. The highest BCUT2D eigenvalue weighted by atomic mass is 32.3. The number of aliphatic carboxylic acids is 2. The van der Waals surface area contributed by atoms with Gasteiger partial charge in [0.25, 0.3) is 0 Å². The molecule has 0 spiro atoms. The molecule has 416 valence electrons. The number of aliphatic hydroxyl groups excluding tert-OH is 6. The average Bonchev–Trinajstić information content (AvgIpc) is 3.17. The van der Waals surface area contributed by atoms with Gasteiger partial charge in [0.2, 0.25) is 0 Å². The van der Waals surface area contributed by atoms with E-state index in [1.165, 1.54) is 9.44 Å². The maximum atomic E-state index is 12.7. The predicted molar refractivity (Wildman–Crippen MR) is 202 cm³/mol. The molecule has 4 aliphatic heterocycles. The van der Waals surface area contributed by atoms with E-state index in [-0.39, 0.29) is 0 Å². The molecule has 4 rings (SSSR count). The second-order valence-corrected chi connectivity index (χ2v) is 21.2. The molecule has 4 saturated heterocycles. The van der Waals surface area contributed by atoms with Gasteiger partial charge in [-0.05, 0) is 0 Å². The predicted octanol–water partition coefficient (Wildman–Crippen LogP) is -11.5. The van der Waals surface area contributed by atoms with Gasteiger partial charge < -0.3 is 74.0 Å². The maximum Gasteiger partial charge on any atom is 0.397 e. The normalized spacial score (nSPS) is 39.2. The van der Waals surface area contributed by atoms with Crippen molar-refractivity contribution in [1.29, 1.82) is 0 Å². The first-order chi connectivity index (χ1) is 32.1. The third-order valence-electron chi connectivity index (χ3n) is 9.59. The van der Waals surface area contributed by atoms with Gasteiger partial charge in [0, 0.05) is 0 Å². The van der Waals surface area contributed by atoms with E-state index >= 15 is 0 Å². The Morgan fingerprint density at radius 3 is 1.21 bits per heavy atom. The van der Waals surface area contributed by atoms with Gasteiger partial charge in [-0.3, -0.25) is 27.3 Å². The van der Waals surface area contributed by atoms with E-state index in [1.807, 2.05) is 0 Å². The van der Waals surface area contributed by atoms with Crippen LogP contribution >= 0.6 is 0 Å². The Morgan fingerprint density at radius 2 is 0.803 bits per heavy atom. The third-order valence-corrected chi connectivity index (χ3v) is 12.5. The maximum absolute atomic E-state index is 12.7. The molecule has 41 nitrogen and oxygen atoms in total. The molecule has 0 aromatic rings. The van der Waals surface area contributed by atoms with Gasteiger partial charge >= 0.3 is 74.1 Å². The lowest BCUT2D eigenvalue weighted by Gasteiger charge is -2.49. The van der Waals surface area contributed by atoms with Crippen molar-refractivity contribution in [2.45, 2.75) is 123 Å². The summed E-state index contributed by atoms with van der Waals surface area (Å²) < 4.78 is 253. The zero-order chi connectivity index (χ0) is 54.3. The molecule has 47 heteroatoms. The molecule has 0 aliphatic carbocycles. The highest BCUT2D eigenvalue weighted by molar-refractivity contribution is 7.84. The van der Waals surface area contributed by atoms with Crippen molar-refractivity contribution < 1.29 is 178 Å². The highest BCUT2D eigenvalue weighted by Gasteiger charge is 2.59. The second kappa shape index (κ2) is 22.9. The molecule has 4 heterocycles. The van der Waals surface area contributed by atoms with Crippen LogP contribution in [0.2, 0.25) is 0 Å². The average molecular weight is 1170 g/mol. The lowest BCUT2D eigenvalue weighted by Crippen LogP contribution is -2.70. The van der Waals surface area contributed by atoms with E-state index in [1.54, 1.807) is 0 Å². The zero-order valence-corrected chi connectivity index (χ0v) is 38.8. The molecule has 0 aromatic heterocycles. The first kappa shape index (κ1) is 61.2. The van der Waals surface area contributed by atoms with E-state index in [4.69, 9.17) is 37.7 Å². The summed E-state index contributed by atoms with van der Waals surface area (Å²) in [7, 11) is -34.2. The molecular weight excluding hydrogens is 1130 g/mol. The minimum atomic E-state index is -6.03. The monoisotopic (exact) mass is 1170 g/mol. The molecule has 4 aliphatic rings. The minimum Gasteiger partial charge on any atom is -0.479 e. The molecule has 0 amide bonds. The Balaban J connectivity index is 1.81.